The molecule has 2 aliphatic rings. The molecule has 1 amide bonds. The molecule has 8 heteroatoms. The summed E-state index contributed by atoms with van der Waals surface area (Å²) in [7, 11) is 0. The van der Waals surface area contributed by atoms with Crippen LogP contribution in [0.15, 0.2) is 42.7 Å². The number of benzene rings is 1. The lowest BCUT2D eigenvalue weighted by Crippen LogP contribution is -2.54. The molecule has 2 fully saturated rings. The zero-order valence-electron chi connectivity index (χ0n) is 15.4. The van der Waals surface area contributed by atoms with Crippen LogP contribution in [0.1, 0.15) is 41.2 Å². The van der Waals surface area contributed by atoms with Crippen molar-refractivity contribution in [3.8, 4) is 0 Å². The second-order valence-corrected chi connectivity index (χ2v) is 7.31. The molecule has 0 spiro atoms. The summed E-state index contributed by atoms with van der Waals surface area (Å²) in [5, 5.41) is 2.95. The highest BCUT2D eigenvalue weighted by Crippen LogP contribution is 2.25. The Morgan fingerprint density at radius 2 is 1.96 bits per heavy atom. The number of pyridine rings is 1. The van der Waals surface area contributed by atoms with Gasteiger partial charge in [-0.05, 0) is 61.7 Å². The summed E-state index contributed by atoms with van der Waals surface area (Å²) in [6, 6.07) is 7.40. The summed E-state index contributed by atoms with van der Waals surface area (Å²) < 4.78 is 26.4. The highest BCUT2D eigenvalue weighted by atomic mass is 19.2. The molecule has 2 saturated heterocycles. The zero-order valence-corrected chi connectivity index (χ0v) is 15.4. The molecule has 0 radical (unpaired) electrons. The molecule has 0 aliphatic carbocycles. The van der Waals surface area contributed by atoms with E-state index in [0.29, 0.717) is 6.54 Å². The maximum absolute atomic E-state index is 13.4. The third kappa shape index (κ3) is 4.19. The fraction of sp³-hybridized carbons (Fsp3) is 0.400. The Balaban J connectivity index is 1.34. The highest BCUT2D eigenvalue weighted by molar-refractivity contribution is 5.94. The van der Waals surface area contributed by atoms with E-state index in [1.54, 1.807) is 12.4 Å². The minimum absolute atomic E-state index is 0.0314. The predicted molar refractivity (Wildman–Crippen MR) is 100 cm³/mol. The summed E-state index contributed by atoms with van der Waals surface area (Å²) in [5.74, 6) is -2.34. The number of nitrogens with one attached hydrogen (secondary N) is 3. The summed E-state index contributed by atoms with van der Waals surface area (Å²) in [6.45, 7) is 1.65. The van der Waals surface area contributed by atoms with Crippen molar-refractivity contribution in [2.75, 3.05) is 13.1 Å². The second-order valence-electron chi connectivity index (χ2n) is 7.31. The Bertz CT molecular complexity index is 835. The Hall–Kier alpha value is -2.42. The fourth-order valence-electron chi connectivity index (χ4n) is 3.91. The van der Waals surface area contributed by atoms with E-state index in [1.807, 2.05) is 12.1 Å². The molecule has 0 saturated carbocycles. The molecule has 3 unspecified atom stereocenters. The van der Waals surface area contributed by atoms with Crippen LogP contribution < -0.4 is 16.2 Å². The third-order valence-corrected chi connectivity index (χ3v) is 5.40. The number of hydrogen-bond acceptors (Lipinski definition) is 5. The summed E-state index contributed by atoms with van der Waals surface area (Å²) in [6.07, 6.45) is 6.47. The first-order valence-corrected chi connectivity index (χ1v) is 9.51. The molecule has 1 aromatic heterocycles. The Labute approximate surface area is 162 Å². The Morgan fingerprint density at radius 1 is 1.14 bits per heavy atom. The Kier molecular flexibility index (Phi) is 5.61. The van der Waals surface area contributed by atoms with E-state index in [0.717, 1.165) is 37.9 Å². The number of hydrazine groups is 1. The lowest BCUT2D eigenvalue weighted by Gasteiger charge is -2.36. The van der Waals surface area contributed by atoms with E-state index in [2.05, 4.69) is 26.1 Å². The van der Waals surface area contributed by atoms with Crippen molar-refractivity contribution in [2.24, 2.45) is 0 Å². The highest BCUT2D eigenvalue weighted by Gasteiger charge is 2.32. The molecule has 148 valence electrons. The lowest BCUT2D eigenvalue weighted by atomic mass is 10.0. The van der Waals surface area contributed by atoms with Gasteiger partial charge in [0.05, 0.1) is 6.17 Å². The van der Waals surface area contributed by atoms with Gasteiger partial charge in [0.15, 0.2) is 11.6 Å². The average Bonchev–Trinajstić information content (AvgIpc) is 3.21. The summed E-state index contributed by atoms with van der Waals surface area (Å²) in [4.78, 5) is 18.8. The van der Waals surface area contributed by atoms with Crippen LogP contribution in [0.3, 0.4) is 0 Å². The number of aromatic nitrogens is 1. The van der Waals surface area contributed by atoms with Crippen molar-refractivity contribution in [2.45, 2.75) is 37.5 Å². The van der Waals surface area contributed by atoms with Crippen molar-refractivity contribution in [3.05, 3.63) is 65.5 Å². The SMILES string of the molecule is O=C(NC1CCCN(C2CC(c3ccncc3)NN2)C1)c1ccc(F)c(F)c1. The normalized spacial score (nSPS) is 25.6. The number of halogens is 2. The third-order valence-electron chi connectivity index (χ3n) is 5.40. The number of nitrogens with zero attached hydrogens (tertiary/aromatic N) is 2. The van der Waals surface area contributed by atoms with Gasteiger partial charge in [-0.2, -0.15) is 0 Å². The number of carbonyl (C=O) groups excluding carboxylic acids is 1. The van der Waals surface area contributed by atoms with Gasteiger partial charge in [-0.25, -0.2) is 19.6 Å². The Morgan fingerprint density at radius 3 is 2.75 bits per heavy atom. The number of carbonyl (C=O) groups is 1. The van der Waals surface area contributed by atoms with Crippen LogP contribution >= 0.6 is 0 Å². The first kappa shape index (κ1) is 18.9. The van der Waals surface area contributed by atoms with Crippen LogP contribution in [0.25, 0.3) is 0 Å². The van der Waals surface area contributed by atoms with Crippen LogP contribution in [0.5, 0.6) is 0 Å². The fourth-order valence-corrected chi connectivity index (χ4v) is 3.91. The van der Waals surface area contributed by atoms with E-state index >= 15 is 0 Å². The van der Waals surface area contributed by atoms with Gasteiger partial charge >= 0.3 is 0 Å². The van der Waals surface area contributed by atoms with Gasteiger partial charge < -0.3 is 5.32 Å². The summed E-state index contributed by atoms with van der Waals surface area (Å²) in [5.41, 5.74) is 7.99. The summed E-state index contributed by atoms with van der Waals surface area (Å²) >= 11 is 0. The van der Waals surface area contributed by atoms with Gasteiger partial charge in [-0.3, -0.25) is 14.7 Å². The van der Waals surface area contributed by atoms with E-state index in [4.69, 9.17) is 0 Å². The maximum atomic E-state index is 13.4. The number of hydrogen-bond donors (Lipinski definition) is 3. The molecule has 2 aliphatic heterocycles. The standard InChI is InChI=1S/C20H23F2N5O/c21-16-4-3-14(10-17(16)22)20(28)24-15-2-1-9-27(12-15)19-11-18(25-26-19)13-5-7-23-8-6-13/h3-8,10,15,18-19,25-26H,1-2,9,11-12H2,(H,24,28). The van der Waals surface area contributed by atoms with Crippen molar-refractivity contribution in [1.29, 1.82) is 0 Å². The van der Waals surface area contributed by atoms with Gasteiger partial charge in [0, 0.05) is 36.6 Å². The van der Waals surface area contributed by atoms with Crippen molar-refractivity contribution in [3.63, 3.8) is 0 Å². The first-order valence-electron chi connectivity index (χ1n) is 9.51. The molecule has 28 heavy (non-hydrogen) atoms. The predicted octanol–water partition coefficient (Wildman–Crippen LogP) is 2.12. The van der Waals surface area contributed by atoms with Gasteiger partial charge in [0.1, 0.15) is 0 Å². The first-order chi connectivity index (χ1) is 13.6. The monoisotopic (exact) mass is 387 g/mol. The molecule has 6 nitrogen and oxygen atoms in total. The number of amides is 1. The quantitative estimate of drug-likeness (QED) is 0.750. The lowest BCUT2D eigenvalue weighted by molar-refractivity contribution is 0.0855. The smallest absolute Gasteiger partial charge is 0.251 e. The van der Waals surface area contributed by atoms with Crippen LogP contribution in [0, 0.1) is 11.6 Å². The van der Waals surface area contributed by atoms with E-state index in [1.165, 1.54) is 11.6 Å². The van der Waals surface area contributed by atoms with Gasteiger partial charge in [-0.15, -0.1) is 0 Å². The van der Waals surface area contributed by atoms with E-state index in [9.17, 15) is 13.6 Å². The largest absolute Gasteiger partial charge is 0.348 e. The molecule has 1 aromatic carbocycles. The minimum Gasteiger partial charge on any atom is -0.348 e. The number of rotatable bonds is 4. The molecule has 3 N–H and O–H groups in total. The van der Waals surface area contributed by atoms with Crippen LogP contribution in [-0.2, 0) is 0 Å². The van der Waals surface area contributed by atoms with Crippen LogP contribution in [0.4, 0.5) is 8.78 Å². The van der Waals surface area contributed by atoms with Crippen LogP contribution in [0.2, 0.25) is 0 Å². The van der Waals surface area contributed by atoms with Gasteiger partial charge in [0.25, 0.3) is 5.91 Å². The van der Waals surface area contributed by atoms with Crippen molar-refractivity contribution >= 4 is 5.91 Å². The van der Waals surface area contributed by atoms with Crippen LogP contribution in [-0.4, -0.2) is 41.1 Å². The van der Waals surface area contributed by atoms with E-state index < -0.39 is 11.6 Å². The molecule has 3 heterocycles. The minimum atomic E-state index is -1.01. The average molecular weight is 387 g/mol. The maximum Gasteiger partial charge on any atom is 0.251 e. The number of piperidine rings is 1. The second kappa shape index (κ2) is 8.30. The molecule has 4 rings (SSSR count). The molecular formula is C20H23F2N5O. The molecular weight excluding hydrogens is 364 g/mol. The zero-order chi connectivity index (χ0) is 19.5. The van der Waals surface area contributed by atoms with E-state index in [-0.39, 0.29) is 29.7 Å². The van der Waals surface area contributed by atoms with Crippen molar-refractivity contribution in [1.82, 2.24) is 26.1 Å². The van der Waals surface area contributed by atoms with Crippen molar-refractivity contribution < 1.29 is 13.6 Å². The van der Waals surface area contributed by atoms with Gasteiger partial charge in [-0.1, -0.05) is 0 Å². The molecule has 2 aromatic rings. The van der Waals surface area contributed by atoms with Gasteiger partial charge in [0.2, 0.25) is 0 Å². The molecule has 3 atom stereocenters. The number of likely N-dealkylation sites (tertiary alicyclic amines) is 1. The molecule has 0 bridgehead atoms. The topological polar surface area (TPSA) is 69.3 Å².